The summed E-state index contributed by atoms with van der Waals surface area (Å²) in [5, 5.41) is 10.1. The van der Waals surface area contributed by atoms with Crippen molar-refractivity contribution in [2.45, 2.75) is 50.7 Å². The van der Waals surface area contributed by atoms with Crippen LogP contribution in [0.5, 0.6) is 0 Å². The first-order valence-corrected chi connectivity index (χ1v) is 5.59. The van der Waals surface area contributed by atoms with Crippen LogP contribution in [0.2, 0.25) is 0 Å². The number of carbonyl (C=O) groups excluding carboxylic acids is 1. The van der Waals surface area contributed by atoms with E-state index in [0.29, 0.717) is 25.2 Å². The van der Waals surface area contributed by atoms with Crippen LogP contribution in [0, 0.1) is 5.92 Å². The molecule has 3 nitrogen and oxygen atoms in total. The highest BCUT2D eigenvalue weighted by Gasteiger charge is 2.49. The van der Waals surface area contributed by atoms with E-state index in [1.807, 2.05) is 6.92 Å². The largest absolute Gasteiger partial charge is 0.456 e. The Bertz CT molecular complexity index is 297. The van der Waals surface area contributed by atoms with E-state index in [4.69, 9.17) is 4.74 Å². The number of carbonyl (C=O) groups is 1. The second-order valence-electron chi connectivity index (χ2n) is 4.87. The Morgan fingerprint density at radius 2 is 2.33 bits per heavy atom. The normalized spacial score (nSPS) is 40.5. The molecular weight excluding hydrogens is 192 g/mol. The van der Waals surface area contributed by atoms with Crippen LogP contribution < -0.4 is 0 Å². The molecule has 1 saturated carbocycles. The zero-order chi connectivity index (χ0) is 11.1. The molecule has 0 aromatic heterocycles. The summed E-state index contributed by atoms with van der Waals surface area (Å²) in [5.41, 5.74) is 0.552. The molecular formula is C12H18O3. The lowest BCUT2D eigenvalue weighted by atomic mass is 9.73. The number of esters is 1. The SMILES string of the molecule is C=C(C)[C@H]1CC[C@]2(CCC(=O)O2)[C@H](O)C1. The molecule has 3 heteroatoms. The van der Waals surface area contributed by atoms with Crippen molar-refractivity contribution in [1.29, 1.82) is 0 Å². The van der Waals surface area contributed by atoms with E-state index >= 15 is 0 Å². The highest BCUT2D eigenvalue weighted by Crippen LogP contribution is 2.43. The van der Waals surface area contributed by atoms with Crippen LogP contribution in [0.1, 0.15) is 39.0 Å². The molecule has 1 spiro atoms. The van der Waals surface area contributed by atoms with Crippen molar-refractivity contribution < 1.29 is 14.6 Å². The van der Waals surface area contributed by atoms with E-state index in [9.17, 15) is 9.90 Å². The minimum Gasteiger partial charge on any atom is -0.456 e. The molecule has 1 heterocycles. The standard InChI is InChI=1S/C12H18O3/c1-8(2)9-3-5-12(10(13)7-9)6-4-11(14)15-12/h9-10,13H,1,3-7H2,2H3/t9-,10+,12-/m0/s1. The number of hydrogen-bond donors (Lipinski definition) is 1. The average Bonchev–Trinajstić information content (AvgIpc) is 2.54. The minimum atomic E-state index is -0.566. The molecule has 2 aliphatic rings. The van der Waals surface area contributed by atoms with E-state index in [1.54, 1.807) is 0 Å². The van der Waals surface area contributed by atoms with Gasteiger partial charge < -0.3 is 9.84 Å². The molecule has 1 N–H and O–H groups in total. The lowest BCUT2D eigenvalue weighted by Crippen LogP contribution is -2.47. The number of aliphatic hydroxyl groups is 1. The summed E-state index contributed by atoms with van der Waals surface area (Å²) in [6, 6.07) is 0. The van der Waals surface area contributed by atoms with Crippen molar-refractivity contribution in [2.75, 3.05) is 0 Å². The fraction of sp³-hybridized carbons (Fsp3) is 0.750. The molecule has 1 saturated heterocycles. The van der Waals surface area contributed by atoms with Crippen molar-refractivity contribution in [2.24, 2.45) is 5.92 Å². The fourth-order valence-corrected chi connectivity index (χ4v) is 2.69. The Labute approximate surface area is 90.1 Å². The summed E-state index contributed by atoms with van der Waals surface area (Å²) >= 11 is 0. The quantitative estimate of drug-likeness (QED) is 0.530. The lowest BCUT2D eigenvalue weighted by Gasteiger charge is -2.40. The molecule has 1 aliphatic carbocycles. The Balaban J connectivity index is 2.07. The monoisotopic (exact) mass is 210 g/mol. The third-order valence-corrected chi connectivity index (χ3v) is 3.80. The number of allylic oxidation sites excluding steroid dienone is 1. The molecule has 0 unspecified atom stereocenters. The van der Waals surface area contributed by atoms with Crippen LogP contribution in [0.3, 0.4) is 0 Å². The third-order valence-electron chi connectivity index (χ3n) is 3.80. The lowest BCUT2D eigenvalue weighted by molar-refractivity contribution is -0.165. The second-order valence-corrected chi connectivity index (χ2v) is 4.87. The van der Waals surface area contributed by atoms with Crippen molar-refractivity contribution in [3.05, 3.63) is 12.2 Å². The van der Waals surface area contributed by atoms with Crippen LogP contribution in [0.15, 0.2) is 12.2 Å². The molecule has 84 valence electrons. The third kappa shape index (κ3) is 1.81. The van der Waals surface area contributed by atoms with Crippen molar-refractivity contribution in [1.82, 2.24) is 0 Å². The second kappa shape index (κ2) is 3.63. The molecule has 0 bridgehead atoms. The topological polar surface area (TPSA) is 46.5 Å². The number of hydrogen-bond acceptors (Lipinski definition) is 3. The van der Waals surface area contributed by atoms with Gasteiger partial charge in [-0.05, 0) is 32.1 Å². The predicted octanol–water partition coefficient (Wildman–Crippen LogP) is 1.80. The molecule has 0 amide bonds. The van der Waals surface area contributed by atoms with Gasteiger partial charge in [0.25, 0.3) is 0 Å². The summed E-state index contributed by atoms with van der Waals surface area (Å²) in [7, 11) is 0. The molecule has 2 rings (SSSR count). The van der Waals surface area contributed by atoms with E-state index < -0.39 is 11.7 Å². The van der Waals surface area contributed by atoms with Gasteiger partial charge in [-0.2, -0.15) is 0 Å². The highest BCUT2D eigenvalue weighted by atomic mass is 16.6. The fourth-order valence-electron chi connectivity index (χ4n) is 2.69. The smallest absolute Gasteiger partial charge is 0.306 e. The van der Waals surface area contributed by atoms with Crippen LogP contribution in [0.25, 0.3) is 0 Å². The summed E-state index contributed by atoms with van der Waals surface area (Å²) in [6.07, 6.45) is 3.05. The van der Waals surface area contributed by atoms with Gasteiger partial charge in [-0.25, -0.2) is 0 Å². The summed E-state index contributed by atoms with van der Waals surface area (Å²) < 4.78 is 5.31. The summed E-state index contributed by atoms with van der Waals surface area (Å²) in [6.45, 7) is 5.92. The van der Waals surface area contributed by atoms with Crippen LogP contribution >= 0.6 is 0 Å². The average molecular weight is 210 g/mol. The number of rotatable bonds is 1. The Hall–Kier alpha value is -0.830. The van der Waals surface area contributed by atoms with E-state index in [2.05, 4.69) is 6.58 Å². The van der Waals surface area contributed by atoms with Gasteiger partial charge in [-0.3, -0.25) is 4.79 Å². The van der Waals surface area contributed by atoms with Gasteiger partial charge in [0.1, 0.15) is 5.60 Å². The van der Waals surface area contributed by atoms with Gasteiger partial charge >= 0.3 is 5.97 Å². The summed E-state index contributed by atoms with van der Waals surface area (Å²) in [5.74, 6) is 0.216. The Morgan fingerprint density at radius 1 is 1.60 bits per heavy atom. The van der Waals surface area contributed by atoms with Crippen molar-refractivity contribution in [3.8, 4) is 0 Å². The maximum Gasteiger partial charge on any atom is 0.306 e. The number of aliphatic hydroxyl groups excluding tert-OH is 1. The molecule has 0 aromatic rings. The molecule has 3 atom stereocenters. The highest BCUT2D eigenvalue weighted by molar-refractivity contribution is 5.72. The predicted molar refractivity (Wildman–Crippen MR) is 56.2 cm³/mol. The van der Waals surface area contributed by atoms with Crippen molar-refractivity contribution in [3.63, 3.8) is 0 Å². The Morgan fingerprint density at radius 3 is 2.80 bits per heavy atom. The first kappa shape index (κ1) is 10.7. The number of ether oxygens (including phenoxy) is 1. The molecule has 1 aliphatic heterocycles. The first-order valence-electron chi connectivity index (χ1n) is 5.59. The molecule has 0 aromatic carbocycles. The zero-order valence-corrected chi connectivity index (χ0v) is 9.16. The molecule has 2 fully saturated rings. The van der Waals surface area contributed by atoms with Gasteiger partial charge in [0.05, 0.1) is 6.10 Å². The van der Waals surface area contributed by atoms with Gasteiger partial charge in [-0.1, -0.05) is 12.2 Å². The van der Waals surface area contributed by atoms with Crippen LogP contribution in [-0.2, 0) is 9.53 Å². The van der Waals surface area contributed by atoms with E-state index in [0.717, 1.165) is 18.4 Å². The van der Waals surface area contributed by atoms with Crippen LogP contribution in [-0.4, -0.2) is 22.8 Å². The Kier molecular flexibility index (Phi) is 2.59. The molecule has 0 radical (unpaired) electrons. The molecule has 15 heavy (non-hydrogen) atoms. The van der Waals surface area contributed by atoms with Gasteiger partial charge in [0.15, 0.2) is 0 Å². The van der Waals surface area contributed by atoms with Gasteiger partial charge in [0.2, 0.25) is 0 Å². The maximum atomic E-state index is 11.1. The van der Waals surface area contributed by atoms with E-state index in [1.165, 1.54) is 0 Å². The van der Waals surface area contributed by atoms with Gasteiger partial charge in [-0.15, -0.1) is 0 Å². The minimum absolute atomic E-state index is 0.164. The maximum absolute atomic E-state index is 11.1. The first-order chi connectivity index (χ1) is 7.03. The van der Waals surface area contributed by atoms with Gasteiger partial charge in [0, 0.05) is 12.8 Å². The van der Waals surface area contributed by atoms with Crippen molar-refractivity contribution >= 4 is 5.97 Å². The van der Waals surface area contributed by atoms with E-state index in [-0.39, 0.29) is 5.97 Å². The zero-order valence-electron chi connectivity index (χ0n) is 9.16. The van der Waals surface area contributed by atoms with Crippen LogP contribution in [0.4, 0.5) is 0 Å². The summed E-state index contributed by atoms with van der Waals surface area (Å²) in [4.78, 5) is 11.1.